The van der Waals surface area contributed by atoms with Gasteiger partial charge in [-0.1, -0.05) is 41.5 Å². The third-order valence-corrected chi connectivity index (χ3v) is 4.91. The molecule has 2 aliphatic carbocycles. The fraction of sp³-hybridized carbons (Fsp3) is 0.350. The molecule has 1 aliphatic heterocycles. The van der Waals surface area contributed by atoms with Crippen LogP contribution in [0.3, 0.4) is 0 Å². The lowest BCUT2D eigenvalue weighted by Crippen LogP contribution is -2.24. The van der Waals surface area contributed by atoms with E-state index in [1.165, 1.54) is 28.8 Å². The lowest BCUT2D eigenvalue weighted by atomic mass is 9.80. The highest BCUT2D eigenvalue weighted by molar-refractivity contribution is 5.86. The highest BCUT2D eigenvalue weighted by atomic mass is 14.9. The Morgan fingerprint density at radius 2 is 1.86 bits per heavy atom. The van der Waals surface area contributed by atoms with Gasteiger partial charge in [-0.2, -0.15) is 0 Å². The number of rotatable bonds is 0. The van der Waals surface area contributed by atoms with Crippen LogP contribution in [0.2, 0.25) is 0 Å². The first-order valence-corrected chi connectivity index (χ1v) is 8.36. The van der Waals surface area contributed by atoms with Gasteiger partial charge in [-0.3, -0.25) is 4.98 Å². The molecule has 1 fully saturated rings. The van der Waals surface area contributed by atoms with Gasteiger partial charge in [0.2, 0.25) is 0 Å². The number of nitrogens with one attached hydrogen (secondary N) is 1. The molecule has 4 rings (SSSR count). The first-order chi connectivity index (χ1) is 10.9. The maximum Gasteiger partial charge on any atom is 0.0739 e. The maximum atomic E-state index is 4.76. The quantitative estimate of drug-likeness (QED) is 0.782. The molecule has 0 aromatic carbocycles. The van der Waals surface area contributed by atoms with Gasteiger partial charge >= 0.3 is 0 Å². The van der Waals surface area contributed by atoms with Crippen LogP contribution in [0, 0.1) is 0 Å². The van der Waals surface area contributed by atoms with Gasteiger partial charge in [0.25, 0.3) is 0 Å². The molecule has 0 spiro atoms. The van der Waals surface area contributed by atoms with Gasteiger partial charge in [-0.25, -0.2) is 0 Å². The topological polar surface area (TPSA) is 24.9 Å². The van der Waals surface area contributed by atoms with Crippen molar-refractivity contribution in [3.05, 3.63) is 70.6 Å². The van der Waals surface area contributed by atoms with Crippen LogP contribution in [-0.4, -0.2) is 18.1 Å². The van der Waals surface area contributed by atoms with Crippen LogP contribution in [0.25, 0.3) is 5.57 Å². The molecule has 1 N–H and O–H groups in total. The molecule has 2 heteroatoms. The van der Waals surface area contributed by atoms with Crippen LogP contribution in [-0.2, 0) is 6.42 Å². The Morgan fingerprint density at radius 3 is 2.77 bits per heavy atom. The summed E-state index contributed by atoms with van der Waals surface area (Å²) in [6.45, 7) is 2.19. The molecule has 2 nitrogen and oxygen atoms in total. The number of allylic oxidation sites excluding steroid dienone is 7. The predicted octanol–water partition coefficient (Wildman–Crippen LogP) is 3.98. The van der Waals surface area contributed by atoms with Crippen LogP contribution in [0.4, 0.5) is 0 Å². The summed E-state index contributed by atoms with van der Waals surface area (Å²) in [7, 11) is 0. The van der Waals surface area contributed by atoms with E-state index in [4.69, 9.17) is 4.98 Å². The van der Waals surface area contributed by atoms with Gasteiger partial charge in [0.05, 0.1) is 5.69 Å². The summed E-state index contributed by atoms with van der Waals surface area (Å²) in [5, 5.41) is 3.47. The first kappa shape index (κ1) is 13.7. The van der Waals surface area contributed by atoms with Crippen molar-refractivity contribution in [1.29, 1.82) is 0 Å². The van der Waals surface area contributed by atoms with Crippen molar-refractivity contribution < 1.29 is 0 Å². The molecule has 1 aromatic rings. The van der Waals surface area contributed by atoms with Gasteiger partial charge in [0, 0.05) is 11.8 Å². The van der Waals surface area contributed by atoms with Gasteiger partial charge < -0.3 is 5.32 Å². The normalized spacial score (nSPS) is 24.2. The van der Waals surface area contributed by atoms with E-state index in [0.717, 1.165) is 38.8 Å². The van der Waals surface area contributed by atoms with Crippen LogP contribution < -0.4 is 5.32 Å². The number of hydrogen-bond acceptors (Lipinski definition) is 2. The molecule has 112 valence electrons. The molecule has 3 aliphatic rings. The van der Waals surface area contributed by atoms with Crippen molar-refractivity contribution >= 4 is 5.57 Å². The second kappa shape index (κ2) is 6.05. The molecule has 0 amide bonds. The van der Waals surface area contributed by atoms with E-state index in [2.05, 4.69) is 41.8 Å². The molecular formula is C20H22N2. The summed E-state index contributed by atoms with van der Waals surface area (Å²) in [5.74, 6) is 0. The Labute approximate surface area is 132 Å². The molecular weight excluding hydrogens is 268 g/mol. The van der Waals surface area contributed by atoms with Crippen molar-refractivity contribution in [3.8, 4) is 0 Å². The van der Waals surface area contributed by atoms with Gasteiger partial charge in [-0.05, 0) is 62.4 Å². The lowest BCUT2D eigenvalue weighted by Gasteiger charge is -2.27. The maximum absolute atomic E-state index is 4.76. The number of pyridine rings is 1. The van der Waals surface area contributed by atoms with E-state index in [9.17, 15) is 0 Å². The van der Waals surface area contributed by atoms with E-state index >= 15 is 0 Å². The number of nitrogens with zero attached hydrogens (tertiary/aromatic N) is 1. The average molecular weight is 290 g/mol. The number of fused-ring (bicyclic) bond motifs is 2. The highest BCUT2D eigenvalue weighted by Crippen LogP contribution is 2.40. The molecule has 1 aromatic heterocycles. The smallest absolute Gasteiger partial charge is 0.0739 e. The third-order valence-electron chi connectivity index (χ3n) is 4.91. The summed E-state index contributed by atoms with van der Waals surface area (Å²) in [4.78, 5) is 4.76. The average Bonchev–Trinajstić information content (AvgIpc) is 2.56. The molecule has 22 heavy (non-hydrogen) atoms. The molecule has 2 heterocycles. The molecule has 0 saturated carbocycles. The van der Waals surface area contributed by atoms with Crippen LogP contribution in [0.5, 0.6) is 0 Å². The van der Waals surface area contributed by atoms with Crippen LogP contribution in [0.15, 0.2) is 59.4 Å². The largest absolute Gasteiger partial charge is 0.316 e. The number of piperidine rings is 1. The van der Waals surface area contributed by atoms with E-state index in [1.807, 2.05) is 6.20 Å². The Morgan fingerprint density at radius 1 is 0.955 bits per heavy atom. The Balaban J connectivity index is 1.92. The molecule has 1 saturated heterocycles. The number of aryl methyl sites for hydroxylation is 1. The fourth-order valence-electron chi connectivity index (χ4n) is 3.78. The Kier molecular flexibility index (Phi) is 3.77. The van der Waals surface area contributed by atoms with Gasteiger partial charge in [-0.15, -0.1) is 0 Å². The van der Waals surface area contributed by atoms with E-state index in [0.29, 0.717) is 0 Å². The second-order valence-corrected chi connectivity index (χ2v) is 6.25. The SMILES string of the molecule is C1=C\CC2=C(C(=C3CCNCC3)\C=C/1)c1ncccc1CC2. The second-order valence-electron chi connectivity index (χ2n) is 6.25. The van der Waals surface area contributed by atoms with Gasteiger partial charge in [0.1, 0.15) is 0 Å². The van der Waals surface area contributed by atoms with Crippen molar-refractivity contribution in [3.63, 3.8) is 0 Å². The highest BCUT2D eigenvalue weighted by Gasteiger charge is 2.24. The third kappa shape index (κ3) is 2.48. The minimum absolute atomic E-state index is 1.06. The summed E-state index contributed by atoms with van der Waals surface area (Å²) in [6.07, 6.45) is 16.6. The fourth-order valence-corrected chi connectivity index (χ4v) is 3.78. The monoisotopic (exact) mass is 290 g/mol. The van der Waals surface area contributed by atoms with E-state index < -0.39 is 0 Å². The number of hydrogen-bond donors (Lipinski definition) is 1. The standard InChI is InChI=1S/C20H22N2/c1-2-5-16-8-9-17-6-4-12-22-20(17)19(16)18(7-3-1)15-10-13-21-14-11-15/h1-4,6-7,12,21H,5,8-11,13-14H2/b2-1-,7-3-. The Hall–Kier alpha value is -1.93. The van der Waals surface area contributed by atoms with E-state index in [1.54, 1.807) is 11.1 Å². The predicted molar refractivity (Wildman–Crippen MR) is 91.5 cm³/mol. The zero-order chi connectivity index (χ0) is 14.8. The minimum atomic E-state index is 1.06. The molecule has 0 unspecified atom stereocenters. The summed E-state index contributed by atoms with van der Waals surface area (Å²) < 4.78 is 0. The Bertz CT molecular complexity index is 696. The van der Waals surface area contributed by atoms with E-state index in [-0.39, 0.29) is 0 Å². The van der Waals surface area contributed by atoms with Gasteiger partial charge in [0.15, 0.2) is 0 Å². The lowest BCUT2D eigenvalue weighted by molar-refractivity contribution is 0.607. The zero-order valence-electron chi connectivity index (χ0n) is 12.9. The van der Waals surface area contributed by atoms with Crippen LogP contribution in [0.1, 0.15) is 36.9 Å². The summed E-state index contributed by atoms with van der Waals surface area (Å²) in [5.41, 5.74) is 8.67. The van der Waals surface area contributed by atoms with Crippen LogP contribution >= 0.6 is 0 Å². The summed E-state index contributed by atoms with van der Waals surface area (Å²) >= 11 is 0. The van der Waals surface area contributed by atoms with Crippen molar-refractivity contribution in [2.45, 2.75) is 32.1 Å². The van der Waals surface area contributed by atoms with Crippen molar-refractivity contribution in [2.75, 3.05) is 13.1 Å². The van der Waals surface area contributed by atoms with Crippen molar-refractivity contribution in [1.82, 2.24) is 10.3 Å². The molecule has 0 radical (unpaired) electrons. The zero-order valence-corrected chi connectivity index (χ0v) is 12.9. The minimum Gasteiger partial charge on any atom is -0.316 e. The summed E-state index contributed by atoms with van der Waals surface area (Å²) in [6, 6.07) is 4.32. The molecule has 0 atom stereocenters. The first-order valence-electron chi connectivity index (χ1n) is 8.36. The van der Waals surface area contributed by atoms with Crippen molar-refractivity contribution in [2.24, 2.45) is 0 Å². The molecule has 0 bridgehead atoms. The number of aromatic nitrogens is 1.